The van der Waals surface area contributed by atoms with Gasteiger partial charge in [-0.05, 0) is 87.2 Å². The predicted octanol–water partition coefficient (Wildman–Crippen LogP) is 4.67. The van der Waals surface area contributed by atoms with E-state index in [0.29, 0.717) is 23.7 Å². The topological polar surface area (TPSA) is 92.9 Å². The van der Waals surface area contributed by atoms with Gasteiger partial charge in [0.1, 0.15) is 0 Å². The number of nitrogens with zero attached hydrogens (tertiary/aromatic N) is 6. The summed E-state index contributed by atoms with van der Waals surface area (Å²) in [6, 6.07) is 10.4. The lowest BCUT2D eigenvalue weighted by Gasteiger charge is -2.34. The van der Waals surface area contributed by atoms with E-state index in [4.69, 9.17) is 4.74 Å². The van der Waals surface area contributed by atoms with E-state index in [1.54, 1.807) is 23.1 Å². The molecule has 0 spiro atoms. The number of aromatic nitrogens is 4. The summed E-state index contributed by atoms with van der Waals surface area (Å²) in [7, 11) is 1.53. The molecule has 1 saturated heterocycles. The van der Waals surface area contributed by atoms with E-state index in [1.807, 2.05) is 24.4 Å². The second-order valence-corrected chi connectivity index (χ2v) is 11.2. The number of hydrogen-bond donors (Lipinski definition) is 0. The number of benzene rings is 1. The summed E-state index contributed by atoms with van der Waals surface area (Å²) in [6.45, 7) is 6.75. The first-order valence-corrected chi connectivity index (χ1v) is 13.9. The van der Waals surface area contributed by atoms with Gasteiger partial charge in [0, 0.05) is 38.5 Å². The molecular weight excluding hydrogens is 542 g/mol. The van der Waals surface area contributed by atoms with Gasteiger partial charge in [0.2, 0.25) is 0 Å². The van der Waals surface area contributed by atoms with E-state index in [9.17, 15) is 18.4 Å². The molecule has 4 aromatic rings. The molecule has 0 radical (unpaired) electrons. The number of carbonyl (C=O) groups is 2. The van der Waals surface area contributed by atoms with Gasteiger partial charge in [0.25, 0.3) is 5.91 Å². The quantitative estimate of drug-likeness (QED) is 0.282. The maximum absolute atomic E-state index is 14.3. The first-order chi connectivity index (χ1) is 20.0. The number of esters is 1. The zero-order valence-electron chi connectivity index (χ0n) is 24.1. The van der Waals surface area contributed by atoms with Crippen LogP contribution in [0.4, 0.5) is 8.78 Å². The van der Waals surface area contributed by atoms with Crippen LogP contribution in [0.1, 0.15) is 68.0 Å². The van der Waals surface area contributed by atoms with E-state index in [2.05, 4.69) is 20.1 Å². The van der Waals surface area contributed by atoms with Crippen molar-refractivity contribution in [2.45, 2.75) is 57.7 Å². The Kier molecular flexibility index (Phi) is 8.31. The van der Waals surface area contributed by atoms with Gasteiger partial charge in [-0.3, -0.25) is 19.5 Å². The highest BCUT2D eigenvalue weighted by atomic mass is 19.2. The van der Waals surface area contributed by atoms with Gasteiger partial charge in [-0.15, -0.1) is 0 Å². The van der Waals surface area contributed by atoms with E-state index < -0.39 is 35.2 Å². The monoisotopic (exact) mass is 576 g/mol. The fraction of sp³-hybridized carbons (Fsp3) is 0.387. The lowest BCUT2D eigenvalue weighted by molar-refractivity contribution is -0.168. The fourth-order valence-corrected chi connectivity index (χ4v) is 5.74. The van der Waals surface area contributed by atoms with Crippen molar-refractivity contribution >= 4 is 17.4 Å². The summed E-state index contributed by atoms with van der Waals surface area (Å²) in [5, 5.41) is 8.65. The molecule has 1 amide bonds. The second kappa shape index (κ2) is 11.9. The number of halogens is 2. The molecule has 42 heavy (non-hydrogen) atoms. The van der Waals surface area contributed by atoms with Crippen LogP contribution in [-0.4, -0.2) is 67.2 Å². The number of hydrogen-bond acceptors (Lipinski definition) is 7. The van der Waals surface area contributed by atoms with Crippen LogP contribution in [0.15, 0.2) is 61.1 Å². The maximum atomic E-state index is 14.3. The van der Waals surface area contributed by atoms with Crippen LogP contribution in [0, 0.1) is 11.6 Å². The molecule has 220 valence electrons. The minimum atomic E-state index is -1.47. The minimum absolute atomic E-state index is 0.341. The number of likely N-dealkylation sites (N-methyl/N-ethyl adjacent to an activating group) is 1. The van der Waals surface area contributed by atoms with Crippen molar-refractivity contribution in [1.29, 1.82) is 0 Å². The standard InChI is InChI=1S/C31H34F2N6O3/c1-20(40)42-31(2,3)30(41)37(4)29(23-8-9-25(32)26(33)16-23)27-10-7-21(17-34-27)19-38-14-11-22(12-15-38)24-18-36-39-28(24)6-5-13-35-39/h5-10,13,16-18,22,29H,11-12,14-15,19H2,1-4H3. The summed E-state index contributed by atoms with van der Waals surface area (Å²) >= 11 is 0. The average Bonchev–Trinajstić information content (AvgIpc) is 3.39. The van der Waals surface area contributed by atoms with Crippen LogP contribution in [0.2, 0.25) is 0 Å². The molecule has 1 unspecified atom stereocenters. The van der Waals surface area contributed by atoms with E-state index in [-0.39, 0.29) is 0 Å². The predicted molar refractivity (Wildman–Crippen MR) is 151 cm³/mol. The third-order valence-corrected chi connectivity index (χ3v) is 7.78. The van der Waals surface area contributed by atoms with Gasteiger partial charge in [-0.25, -0.2) is 8.78 Å². The van der Waals surface area contributed by atoms with Gasteiger partial charge < -0.3 is 9.64 Å². The number of ether oxygens (including phenoxy) is 1. The highest BCUT2D eigenvalue weighted by Gasteiger charge is 2.38. The molecule has 1 fully saturated rings. The van der Waals surface area contributed by atoms with Crippen LogP contribution in [-0.2, 0) is 20.9 Å². The van der Waals surface area contributed by atoms with Gasteiger partial charge >= 0.3 is 5.97 Å². The number of carbonyl (C=O) groups excluding carboxylic acids is 2. The summed E-state index contributed by atoms with van der Waals surface area (Å²) in [5.41, 5.74) is 2.62. The molecule has 0 bridgehead atoms. The molecule has 0 N–H and O–H groups in total. The summed E-state index contributed by atoms with van der Waals surface area (Å²) in [4.78, 5) is 33.4. The summed E-state index contributed by atoms with van der Waals surface area (Å²) < 4.78 is 34.9. The first kappa shape index (κ1) is 29.2. The molecule has 1 aliphatic rings. The van der Waals surface area contributed by atoms with E-state index in [1.165, 1.54) is 44.3 Å². The van der Waals surface area contributed by atoms with E-state index in [0.717, 1.165) is 49.1 Å². The molecule has 9 nitrogen and oxygen atoms in total. The number of piperidine rings is 1. The van der Waals surface area contributed by atoms with Crippen LogP contribution < -0.4 is 0 Å². The Morgan fingerprint density at radius 2 is 1.83 bits per heavy atom. The smallest absolute Gasteiger partial charge is 0.303 e. The molecule has 3 aromatic heterocycles. The zero-order valence-corrected chi connectivity index (χ0v) is 24.1. The first-order valence-electron chi connectivity index (χ1n) is 13.9. The molecule has 0 aliphatic carbocycles. The highest BCUT2D eigenvalue weighted by molar-refractivity contribution is 5.87. The SMILES string of the molecule is CC(=O)OC(C)(C)C(=O)N(C)C(c1ccc(F)c(F)c1)c1ccc(CN2CCC(c3cnn4ncccc34)CC2)cn1. The third kappa shape index (κ3) is 6.15. The average molecular weight is 577 g/mol. The van der Waals surface area contributed by atoms with E-state index >= 15 is 0 Å². The van der Waals surface area contributed by atoms with Gasteiger partial charge in [-0.2, -0.15) is 14.8 Å². The minimum Gasteiger partial charge on any atom is -0.450 e. The van der Waals surface area contributed by atoms with Crippen molar-refractivity contribution < 1.29 is 23.1 Å². The number of amides is 1. The van der Waals surface area contributed by atoms with Gasteiger partial charge in [0.15, 0.2) is 17.2 Å². The Bertz CT molecular complexity index is 1580. The van der Waals surface area contributed by atoms with Crippen molar-refractivity contribution in [2.24, 2.45) is 0 Å². The fourth-order valence-electron chi connectivity index (χ4n) is 5.74. The number of fused-ring (bicyclic) bond motifs is 1. The zero-order chi connectivity index (χ0) is 30.0. The molecule has 4 heterocycles. The van der Waals surface area contributed by atoms with Crippen LogP contribution in [0.3, 0.4) is 0 Å². The lowest BCUT2D eigenvalue weighted by Crippen LogP contribution is -2.47. The Morgan fingerprint density at radius 1 is 1.07 bits per heavy atom. The molecule has 0 saturated carbocycles. The summed E-state index contributed by atoms with van der Waals surface area (Å²) in [5.74, 6) is -2.71. The Labute approximate surface area is 243 Å². The van der Waals surface area contributed by atoms with Crippen molar-refractivity contribution in [2.75, 3.05) is 20.1 Å². The lowest BCUT2D eigenvalue weighted by atomic mass is 9.90. The maximum Gasteiger partial charge on any atom is 0.303 e. The van der Waals surface area contributed by atoms with Crippen molar-refractivity contribution in [3.63, 3.8) is 0 Å². The Balaban J connectivity index is 1.31. The Hall–Kier alpha value is -4.25. The molecular formula is C31H34F2N6O3. The van der Waals surface area contributed by atoms with Crippen molar-refractivity contribution in [3.8, 4) is 0 Å². The molecule has 1 aliphatic heterocycles. The third-order valence-electron chi connectivity index (χ3n) is 7.78. The van der Waals surface area contributed by atoms with Crippen LogP contribution in [0.25, 0.3) is 5.52 Å². The molecule has 1 atom stereocenters. The second-order valence-electron chi connectivity index (χ2n) is 11.2. The van der Waals surface area contributed by atoms with Crippen LogP contribution in [0.5, 0.6) is 0 Å². The summed E-state index contributed by atoms with van der Waals surface area (Å²) in [6.07, 6.45) is 7.41. The van der Waals surface area contributed by atoms with Crippen molar-refractivity contribution in [1.82, 2.24) is 29.6 Å². The highest BCUT2D eigenvalue weighted by Crippen LogP contribution is 2.32. The normalized spacial score (nSPS) is 15.5. The molecule has 11 heteroatoms. The van der Waals surface area contributed by atoms with Gasteiger partial charge in [0.05, 0.1) is 23.4 Å². The largest absolute Gasteiger partial charge is 0.450 e. The molecule has 1 aromatic carbocycles. The van der Waals surface area contributed by atoms with Crippen LogP contribution >= 0.6 is 0 Å². The molecule has 5 rings (SSSR count). The number of pyridine rings is 1. The number of rotatable bonds is 8. The Morgan fingerprint density at radius 3 is 2.50 bits per heavy atom. The van der Waals surface area contributed by atoms with Gasteiger partial charge in [-0.1, -0.05) is 12.1 Å². The number of likely N-dealkylation sites (tertiary alicyclic amines) is 1. The van der Waals surface area contributed by atoms with Crippen molar-refractivity contribution in [3.05, 3.63) is 95.1 Å².